The van der Waals surface area contributed by atoms with Gasteiger partial charge in [0.15, 0.2) is 6.10 Å². The number of rotatable bonds is 47. The highest BCUT2D eigenvalue weighted by molar-refractivity contribution is 5.71. The van der Waals surface area contributed by atoms with E-state index < -0.39 is 6.10 Å². The second kappa shape index (κ2) is 54.4. The monoisotopic (exact) mass is 927 g/mol. The molecule has 0 aliphatic heterocycles. The molecule has 378 valence electrons. The Balaban J connectivity index is 4.52. The third-order valence-electron chi connectivity index (χ3n) is 10.9. The predicted molar refractivity (Wildman–Crippen MR) is 288 cm³/mol. The Kier molecular flexibility index (Phi) is 51.0. The molecule has 0 aromatic carbocycles. The van der Waals surface area contributed by atoms with Crippen LogP contribution in [0.3, 0.4) is 0 Å². The molecule has 0 aliphatic rings. The molecule has 0 spiro atoms. The summed E-state index contributed by atoms with van der Waals surface area (Å²) < 4.78 is 16.7. The zero-order valence-corrected chi connectivity index (χ0v) is 43.1. The molecule has 0 rings (SSSR count). The number of esters is 3. The lowest BCUT2D eigenvalue weighted by Crippen LogP contribution is -2.30. The molecule has 1 atom stereocenters. The van der Waals surface area contributed by atoms with Crippen molar-refractivity contribution in [2.75, 3.05) is 13.2 Å². The lowest BCUT2D eigenvalue weighted by molar-refractivity contribution is -0.166. The molecule has 0 amide bonds. The fourth-order valence-electron chi connectivity index (χ4n) is 6.87. The summed E-state index contributed by atoms with van der Waals surface area (Å²) in [6.45, 7) is 6.36. The lowest BCUT2D eigenvalue weighted by Gasteiger charge is -2.18. The van der Waals surface area contributed by atoms with Gasteiger partial charge in [-0.05, 0) is 116 Å². The highest BCUT2D eigenvalue weighted by atomic mass is 16.6. The zero-order chi connectivity index (χ0) is 48.6. The van der Waals surface area contributed by atoms with Crippen LogP contribution in [0.4, 0.5) is 0 Å². The number of allylic oxidation sites excluding steroid dienone is 20. The van der Waals surface area contributed by atoms with Gasteiger partial charge in [0, 0.05) is 19.3 Å². The summed E-state index contributed by atoms with van der Waals surface area (Å²) in [6.07, 6.45) is 74.8. The van der Waals surface area contributed by atoms with Gasteiger partial charge in [-0.2, -0.15) is 0 Å². The van der Waals surface area contributed by atoms with Crippen LogP contribution in [0.25, 0.3) is 0 Å². The second-order valence-corrected chi connectivity index (χ2v) is 17.4. The van der Waals surface area contributed by atoms with Crippen LogP contribution in [0.15, 0.2) is 122 Å². The molecule has 0 N–H and O–H groups in total. The van der Waals surface area contributed by atoms with E-state index in [1.807, 2.05) is 12.2 Å². The fourth-order valence-corrected chi connectivity index (χ4v) is 6.87. The van der Waals surface area contributed by atoms with Gasteiger partial charge in [-0.1, -0.05) is 213 Å². The molecule has 0 saturated carbocycles. The minimum absolute atomic E-state index is 0.114. The van der Waals surface area contributed by atoms with Crippen molar-refractivity contribution in [2.24, 2.45) is 0 Å². The third kappa shape index (κ3) is 52.6. The SMILES string of the molecule is CC/C=C\C/C=C\C/C=C\C/C=C\C/C=C\C/C=C\CCC(=O)OC[C@@H](COC(=O)CCCCCCC/C=C\CCCC)OC(=O)CCCCCCCC/C=C\C/C=C\C/C=C\CCCCC. The summed E-state index contributed by atoms with van der Waals surface area (Å²) >= 11 is 0. The summed E-state index contributed by atoms with van der Waals surface area (Å²) in [5, 5.41) is 0. The third-order valence-corrected chi connectivity index (χ3v) is 10.9. The van der Waals surface area contributed by atoms with E-state index in [2.05, 4.69) is 130 Å². The summed E-state index contributed by atoms with van der Waals surface area (Å²) in [5.41, 5.74) is 0. The smallest absolute Gasteiger partial charge is 0.306 e. The largest absolute Gasteiger partial charge is 0.462 e. The van der Waals surface area contributed by atoms with Crippen molar-refractivity contribution in [3.05, 3.63) is 122 Å². The van der Waals surface area contributed by atoms with Gasteiger partial charge >= 0.3 is 17.9 Å². The van der Waals surface area contributed by atoms with Gasteiger partial charge in [-0.25, -0.2) is 0 Å². The van der Waals surface area contributed by atoms with Crippen LogP contribution in [0.1, 0.15) is 226 Å². The van der Waals surface area contributed by atoms with Gasteiger partial charge in [0.05, 0.1) is 0 Å². The highest BCUT2D eigenvalue weighted by Gasteiger charge is 2.19. The van der Waals surface area contributed by atoms with Crippen molar-refractivity contribution in [1.82, 2.24) is 0 Å². The van der Waals surface area contributed by atoms with Crippen molar-refractivity contribution in [2.45, 2.75) is 232 Å². The molecule has 6 nitrogen and oxygen atoms in total. The highest BCUT2D eigenvalue weighted by Crippen LogP contribution is 2.13. The molecule has 0 aliphatic carbocycles. The van der Waals surface area contributed by atoms with Crippen LogP contribution in [-0.2, 0) is 28.6 Å². The van der Waals surface area contributed by atoms with Crippen molar-refractivity contribution in [1.29, 1.82) is 0 Å². The quantitative estimate of drug-likeness (QED) is 0.0262. The summed E-state index contributed by atoms with van der Waals surface area (Å²) in [4.78, 5) is 38.0. The van der Waals surface area contributed by atoms with E-state index in [1.54, 1.807) is 0 Å². The molecule has 6 heteroatoms. The molecule has 0 saturated heterocycles. The molecule has 0 aromatic heterocycles. The van der Waals surface area contributed by atoms with Gasteiger partial charge in [0.25, 0.3) is 0 Å². The molecule has 0 aromatic rings. The Hall–Kier alpha value is -4.19. The fraction of sp³-hybridized carbons (Fsp3) is 0.623. The maximum Gasteiger partial charge on any atom is 0.306 e. The topological polar surface area (TPSA) is 78.9 Å². The van der Waals surface area contributed by atoms with Crippen LogP contribution in [0, 0.1) is 0 Å². The lowest BCUT2D eigenvalue weighted by atomic mass is 10.1. The summed E-state index contributed by atoms with van der Waals surface area (Å²) in [6, 6.07) is 0. The van der Waals surface area contributed by atoms with Crippen LogP contribution < -0.4 is 0 Å². The van der Waals surface area contributed by atoms with Crippen molar-refractivity contribution < 1.29 is 28.6 Å². The van der Waals surface area contributed by atoms with E-state index in [9.17, 15) is 14.4 Å². The van der Waals surface area contributed by atoms with E-state index in [4.69, 9.17) is 14.2 Å². The maximum absolute atomic E-state index is 12.8. The van der Waals surface area contributed by atoms with Crippen LogP contribution >= 0.6 is 0 Å². The molecular formula is C61H98O6. The van der Waals surface area contributed by atoms with E-state index in [0.29, 0.717) is 19.3 Å². The normalized spacial score (nSPS) is 13.1. The standard InChI is InChI=1S/C61H98O6/c1-4-7-10-13-16-19-22-24-26-28-30-32-34-36-39-42-45-48-51-54-60(63)66-57-58(56-65-59(62)53-50-47-44-41-38-21-18-15-12-9-6-3)67-61(64)55-52-49-46-43-40-37-35-33-31-29-27-25-23-20-17-14-11-8-5-2/h7,10,15-20,24-27,30-33,36,39,45,48,58H,4-6,8-9,11-14,21-23,28-29,34-35,37-38,40-44,46-47,49-57H2,1-3H3/b10-7-,18-15-,19-16-,20-17-,26-24-,27-25-,32-30-,33-31-,39-36-,48-45-/t58-/m1/s1. The first-order chi connectivity index (χ1) is 33.0. The van der Waals surface area contributed by atoms with E-state index in [1.165, 1.54) is 64.2 Å². The van der Waals surface area contributed by atoms with Crippen molar-refractivity contribution in [3.63, 3.8) is 0 Å². The molecule has 0 unspecified atom stereocenters. The molecule has 0 fully saturated rings. The minimum atomic E-state index is -0.822. The average Bonchev–Trinajstić information content (AvgIpc) is 3.33. The molecule has 0 heterocycles. The van der Waals surface area contributed by atoms with Crippen LogP contribution in [0.5, 0.6) is 0 Å². The molecule has 0 radical (unpaired) electrons. The van der Waals surface area contributed by atoms with E-state index >= 15 is 0 Å². The first kappa shape index (κ1) is 62.8. The first-order valence-corrected chi connectivity index (χ1v) is 27.0. The molecule has 67 heavy (non-hydrogen) atoms. The van der Waals surface area contributed by atoms with Crippen molar-refractivity contribution >= 4 is 17.9 Å². The number of unbranched alkanes of at least 4 members (excludes halogenated alkanes) is 16. The van der Waals surface area contributed by atoms with Gasteiger partial charge < -0.3 is 14.2 Å². The second-order valence-electron chi connectivity index (χ2n) is 17.4. The summed E-state index contributed by atoms with van der Waals surface area (Å²) in [5.74, 6) is -1.03. The number of ether oxygens (including phenoxy) is 3. The van der Waals surface area contributed by atoms with Gasteiger partial charge in [-0.15, -0.1) is 0 Å². The van der Waals surface area contributed by atoms with Gasteiger partial charge in [0.2, 0.25) is 0 Å². The number of carbonyl (C=O) groups is 3. The molecular weight excluding hydrogens is 829 g/mol. The molecule has 0 bridgehead atoms. The average molecular weight is 927 g/mol. The number of carbonyl (C=O) groups excluding carboxylic acids is 3. The Morgan fingerprint density at radius 3 is 1.06 bits per heavy atom. The van der Waals surface area contributed by atoms with Gasteiger partial charge in [-0.3, -0.25) is 14.4 Å². The minimum Gasteiger partial charge on any atom is -0.462 e. The first-order valence-electron chi connectivity index (χ1n) is 27.0. The Morgan fingerprint density at radius 1 is 0.313 bits per heavy atom. The zero-order valence-electron chi connectivity index (χ0n) is 43.1. The van der Waals surface area contributed by atoms with Crippen LogP contribution in [-0.4, -0.2) is 37.2 Å². The Morgan fingerprint density at radius 2 is 0.627 bits per heavy atom. The van der Waals surface area contributed by atoms with Gasteiger partial charge in [0.1, 0.15) is 13.2 Å². The Bertz CT molecular complexity index is 1440. The number of hydrogen-bond acceptors (Lipinski definition) is 6. The van der Waals surface area contributed by atoms with Crippen LogP contribution in [0.2, 0.25) is 0 Å². The predicted octanol–water partition coefficient (Wildman–Crippen LogP) is 18.1. The summed E-state index contributed by atoms with van der Waals surface area (Å²) in [7, 11) is 0. The van der Waals surface area contributed by atoms with Crippen molar-refractivity contribution in [3.8, 4) is 0 Å². The Labute approximate surface area is 412 Å². The number of hydrogen-bond donors (Lipinski definition) is 0. The van der Waals surface area contributed by atoms with E-state index in [-0.39, 0.29) is 37.5 Å². The van der Waals surface area contributed by atoms with E-state index in [0.717, 1.165) is 116 Å². The maximum atomic E-state index is 12.8.